The number of amides is 1. The van der Waals surface area contributed by atoms with Crippen LogP contribution >= 0.6 is 22.9 Å². The number of rotatable bonds is 7. The fraction of sp³-hybridized carbons (Fsp3) is 0.412. The Hall–Kier alpha value is -4.12. The van der Waals surface area contributed by atoms with Crippen molar-refractivity contribution in [3.8, 4) is 23.2 Å². The number of aromatic nitrogens is 2. The van der Waals surface area contributed by atoms with E-state index in [9.17, 15) is 18.8 Å². The van der Waals surface area contributed by atoms with Gasteiger partial charge < -0.3 is 20.3 Å². The van der Waals surface area contributed by atoms with Gasteiger partial charge in [0.15, 0.2) is 5.82 Å². The first-order chi connectivity index (χ1) is 23.0. The Morgan fingerprint density at radius 3 is 2.90 bits per heavy atom. The number of anilines is 2. The molecule has 2 aromatic heterocycles. The van der Waals surface area contributed by atoms with Gasteiger partial charge in [-0.3, -0.25) is 9.69 Å². The number of alkyl halides is 1. The van der Waals surface area contributed by atoms with Crippen molar-refractivity contribution in [3.63, 3.8) is 0 Å². The lowest BCUT2D eigenvalue weighted by Gasteiger charge is -2.33. The van der Waals surface area contributed by atoms with E-state index in [4.69, 9.17) is 27.1 Å². The second-order valence-electron chi connectivity index (χ2n) is 12.8. The quantitative estimate of drug-likeness (QED) is 0.219. The molecule has 0 spiro atoms. The number of ether oxygens (including phenoxy) is 1. The van der Waals surface area contributed by atoms with E-state index in [-0.39, 0.29) is 72.9 Å². The normalized spacial score (nSPS) is 23.9. The molecule has 0 saturated carbocycles. The van der Waals surface area contributed by atoms with Crippen LogP contribution in [-0.2, 0) is 4.79 Å². The Labute approximate surface area is 284 Å². The van der Waals surface area contributed by atoms with Gasteiger partial charge in [0, 0.05) is 48.9 Å². The fourth-order valence-corrected chi connectivity index (χ4v) is 9.17. The number of likely N-dealkylation sites (N-methyl/N-ethyl adjacent to an activating group) is 1. The third-order valence-corrected chi connectivity index (χ3v) is 11.6. The number of fused-ring (bicyclic) bond motifs is 3. The van der Waals surface area contributed by atoms with Gasteiger partial charge in [-0.05, 0) is 56.5 Å². The SMILES string of the molecule is C=CC(=O)N1CC[C@@H](N(C)c2nc(OC[C@@]34CCCN3C[C@H](F)C4)nc3c(F)c(-c4ccc(F)c5sc(N)c(C#N)c45)c(Cl)cc23)[C@H]1C. The number of likely N-dealkylation sites (tertiary alicyclic amines) is 1. The second-order valence-corrected chi connectivity index (χ2v) is 14.3. The van der Waals surface area contributed by atoms with E-state index in [1.807, 2.05) is 24.9 Å². The van der Waals surface area contributed by atoms with E-state index >= 15 is 4.39 Å². The van der Waals surface area contributed by atoms with Crippen molar-refractivity contribution in [1.29, 1.82) is 5.26 Å². The molecule has 0 unspecified atom stereocenters. The smallest absolute Gasteiger partial charge is 0.319 e. The molecule has 3 saturated heterocycles. The van der Waals surface area contributed by atoms with Crippen molar-refractivity contribution in [2.75, 3.05) is 43.9 Å². The van der Waals surface area contributed by atoms with Crippen molar-refractivity contribution in [2.24, 2.45) is 0 Å². The topological polar surface area (TPSA) is 112 Å². The molecule has 2 N–H and O–H groups in total. The van der Waals surface area contributed by atoms with Crippen LogP contribution in [0, 0.1) is 23.0 Å². The molecular weight excluding hydrogens is 663 g/mol. The second kappa shape index (κ2) is 12.1. The van der Waals surface area contributed by atoms with Crippen molar-refractivity contribution in [2.45, 2.75) is 56.4 Å². The number of hydrogen-bond acceptors (Lipinski definition) is 9. The molecule has 9 nitrogen and oxygen atoms in total. The molecule has 4 aromatic rings. The van der Waals surface area contributed by atoms with Crippen LogP contribution in [0.3, 0.4) is 0 Å². The molecule has 3 aliphatic heterocycles. The molecule has 1 amide bonds. The van der Waals surface area contributed by atoms with Crippen LogP contribution in [0.5, 0.6) is 6.01 Å². The number of carbonyl (C=O) groups is 1. The first kappa shape index (κ1) is 32.4. The summed E-state index contributed by atoms with van der Waals surface area (Å²) in [5, 5.41) is 10.4. The third-order valence-electron chi connectivity index (χ3n) is 10.3. The average molecular weight is 696 g/mol. The van der Waals surface area contributed by atoms with Crippen molar-refractivity contribution in [3.05, 3.63) is 53.1 Å². The maximum Gasteiger partial charge on any atom is 0.319 e. The molecule has 2 aromatic carbocycles. The Kier molecular flexibility index (Phi) is 8.17. The van der Waals surface area contributed by atoms with Crippen LogP contribution in [0.25, 0.3) is 32.1 Å². The number of benzene rings is 2. The third kappa shape index (κ3) is 5.04. The molecule has 0 bridgehead atoms. The van der Waals surface area contributed by atoms with Gasteiger partial charge in [0.25, 0.3) is 0 Å². The van der Waals surface area contributed by atoms with Gasteiger partial charge in [0.1, 0.15) is 41.0 Å². The summed E-state index contributed by atoms with van der Waals surface area (Å²) in [6, 6.07) is 5.62. The van der Waals surface area contributed by atoms with Crippen LogP contribution in [0.1, 0.15) is 38.2 Å². The first-order valence-electron chi connectivity index (χ1n) is 15.8. The minimum atomic E-state index is -0.961. The number of nitriles is 1. The summed E-state index contributed by atoms with van der Waals surface area (Å²) >= 11 is 7.74. The zero-order valence-electron chi connectivity index (χ0n) is 26.4. The zero-order valence-corrected chi connectivity index (χ0v) is 28.0. The number of carbonyl (C=O) groups excluding carboxylic acids is 1. The highest BCUT2D eigenvalue weighted by atomic mass is 35.5. The lowest BCUT2D eigenvalue weighted by molar-refractivity contribution is -0.126. The molecule has 3 aliphatic rings. The van der Waals surface area contributed by atoms with E-state index in [1.165, 1.54) is 18.2 Å². The number of hydrogen-bond donors (Lipinski definition) is 1. The van der Waals surface area contributed by atoms with Gasteiger partial charge >= 0.3 is 6.01 Å². The van der Waals surface area contributed by atoms with Gasteiger partial charge in [-0.25, -0.2) is 13.2 Å². The molecule has 7 rings (SSSR count). The van der Waals surface area contributed by atoms with E-state index in [1.54, 1.807) is 11.0 Å². The van der Waals surface area contributed by atoms with Gasteiger partial charge in [0.2, 0.25) is 5.91 Å². The standard InChI is InChI=1S/C34H33ClF3N7O2S/c1-4-25(46)45-11-8-24(17(45)2)43(3)32-20-12-22(35)27(19-6-7-23(37)30-26(19)21(14-39)31(40)48-30)28(38)29(20)41-33(42-32)47-16-34-9-5-10-44(34)15-18(36)13-34/h4,6-7,12,17-18,24H,1,5,8-11,13,15-16,40H2,2-3H3/t17-,18-,24-,34+/m1/s1. The maximum absolute atomic E-state index is 17.0. The Morgan fingerprint density at radius 1 is 1.35 bits per heavy atom. The summed E-state index contributed by atoms with van der Waals surface area (Å²) in [6.07, 6.45) is 2.96. The number of nitrogens with two attached hydrogens (primary N) is 1. The highest BCUT2D eigenvalue weighted by Gasteiger charge is 2.49. The van der Waals surface area contributed by atoms with E-state index in [2.05, 4.69) is 16.5 Å². The van der Waals surface area contributed by atoms with Gasteiger partial charge in [-0.15, -0.1) is 11.3 Å². The summed E-state index contributed by atoms with van der Waals surface area (Å²) in [7, 11) is 1.81. The van der Waals surface area contributed by atoms with Crippen molar-refractivity contribution >= 4 is 60.7 Å². The van der Waals surface area contributed by atoms with E-state index in [0.717, 1.165) is 30.7 Å². The molecule has 5 heterocycles. The molecule has 14 heteroatoms. The molecule has 48 heavy (non-hydrogen) atoms. The largest absolute Gasteiger partial charge is 0.461 e. The van der Waals surface area contributed by atoms with Crippen LogP contribution in [0.4, 0.5) is 24.0 Å². The molecule has 250 valence electrons. The highest BCUT2D eigenvalue weighted by molar-refractivity contribution is 7.23. The zero-order chi connectivity index (χ0) is 34.1. The Morgan fingerprint density at radius 2 is 2.15 bits per heavy atom. The fourth-order valence-electron chi connectivity index (χ4n) is 7.92. The van der Waals surface area contributed by atoms with Crippen LogP contribution in [-0.4, -0.2) is 82.8 Å². The van der Waals surface area contributed by atoms with Crippen molar-refractivity contribution < 1.29 is 22.7 Å². The van der Waals surface area contributed by atoms with E-state index in [0.29, 0.717) is 37.1 Å². The lowest BCUT2D eigenvalue weighted by Crippen LogP contribution is -2.44. The van der Waals surface area contributed by atoms with Crippen LogP contribution in [0.15, 0.2) is 30.9 Å². The number of thiophene rings is 1. The molecule has 4 atom stereocenters. The molecular formula is C34H33ClF3N7O2S. The first-order valence-corrected chi connectivity index (χ1v) is 17.0. The molecule has 0 radical (unpaired) electrons. The Bertz CT molecular complexity index is 2040. The predicted molar refractivity (Wildman–Crippen MR) is 181 cm³/mol. The predicted octanol–water partition coefficient (Wildman–Crippen LogP) is 6.46. The van der Waals surface area contributed by atoms with Gasteiger partial charge in [-0.1, -0.05) is 24.2 Å². The number of halogens is 4. The average Bonchev–Trinajstić information content (AvgIpc) is 3.81. The van der Waals surface area contributed by atoms with Gasteiger partial charge in [-0.2, -0.15) is 15.2 Å². The monoisotopic (exact) mass is 695 g/mol. The van der Waals surface area contributed by atoms with Crippen LogP contribution in [0.2, 0.25) is 5.02 Å². The maximum atomic E-state index is 17.0. The van der Waals surface area contributed by atoms with Gasteiger partial charge in [0.05, 0.1) is 26.9 Å². The van der Waals surface area contributed by atoms with Crippen molar-refractivity contribution in [1.82, 2.24) is 19.8 Å². The molecule has 3 fully saturated rings. The summed E-state index contributed by atoms with van der Waals surface area (Å²) in [5.74, 6) is -1.25. The molecule has 0 aliphatic carbocycles. The number of nitrogens with zero attached hydrogens (tertiary/aromatic N) is 6. The van der Waals surface area contributed by atoms with E-state index < -0.39 is 23.3 Å². The summed E-state index contributed by atoms with van der Waals surface area (Å²) in [6.45, 7) is 7.30. The van der Waals surface area contributed by atoms with Crippen LogP contribution < -0.4 is 15.4 Å². The lowest BCUT2D eigenvalue weighted by atomic mass is 9.95. The number of nitrogen functional groups attached to an aromatic ring is 1. The minimum absolute atomic E-state index is 0.00292. The summed E-state index contributed by atoms with van der Waals surface area (Å²) < 4.78 is 52.8. The summed E-state index contributed by atoms with van der Waals surface area (Å²) in [4.78, 5) is 27.5. The minimum Gasteiger partial charge on any atom is -0.461 e. The Balaban J connectivity index is 1.38. The summed E-state index contributed by atoms with van der Waals surface area (Å²) in [5.41, 5.74) is 5.62. The highest BCUT2D eigenvalue weighted by Crippen LogP contribution is 2.46.